The number of nitrogens with zero attached hydrogens (tertiary/aromatic N) is 2. The van der Waals surface area contributed by atoms with Crippen molar-refractivity contribution in [1.82, 2.24) is 9.78 Å². The van der Waals surface area contributed by atoms with Gasteiger partial charge in [0.25, 0.3) is 0 Å². The topological polar surface area (TPSA) is 111 Å². The molecule has 0 radical (unpaired) electrons. The Morgan fingerprint density at radius 3 is 2.64 bits per heavy atom. The monoisotopic (exact) mass is 365 g/mol. The number of anilines is 1. The smallest absolute Gasteiger partial charge is 0.341 e. The summed E-state index contributed by atoms with van der Waals surface area (Å²) in [7, 11) is 1.29. The number of carboxylic acid groups (broad SMARTS) is 1. The molecule has 25 heavy (non-hydrogen) atoms. The van der Waals surface area contributed by atoms with E-state index < -0.39 is 23.9 Å². The average molecular weight is 365 g/mol. The number of aromatic carboxylic acids is 1. The van der Waals surface area contributed by atoms with Crippen molar-refractivity contribution < 1.29 is 24.2 Å². The third-order valence-electron chi connectivity index (χ3n) is 3.81. The zero-order valence-corrected chi connectivity index (χ0v) is 15.1. The van der Waals surface area contributed by atoms with E-state index in [4.69, 9.17) is 9.84 Å². The van der Waals surface area contributed by atoms with Crippen LogP contribution in [0, 0.1) is 6.92 Å². The van der Waals surface area contributed by atoms with Gasteiger partial charge in [0.2, 0.25) is 5.91 Å². The van der Waals surface area contributed by atoms with Gasteiger partial charge >= 0.3 is 11.9 Å². The van der Waals surface area contributed by atoms with Crippen LogP contribution in [0.2, 0.25) is 0 Å². The number of hydrogen-bond acceptors (Lipinski definition) is 6. The van der Waals surface area contributed by atoms with Gasteiger partial charge in [-0.1, -0.05) is 6.92 Å². The van der Waals surface area contributed by atoms with Crippen LogP contribution in [-0.2, 0) is 16.0 Å². The second-order valence-corrected chi connectivity index (χ2v) is 6.59. The summed E-state index contributed by atoms with van der Waals surface area (Å²) in [6.45, 7) is 5.39. The summed E-state index contributed by atoms with van der Waals surface area (Å²) < 4.78 is 6.08. The standard InChI is InChI=1S/C16H19N3O5S/c1-5-11-9(3)25-14(12(11)16(23)24-4)18-13(20)8(2)19-7-10(6-17-19)15(21)22/h6-8H,5H2,1-4H3,(H,18,20)(H,21,22). The predicted octanol–water partition coefficient (Wildman–Crippen LogP) is 2.50. The first-order valence-corrected chi connectivity index (χ1v) is 8.40. The van der Waals surface area contributed by atoms with E-state index in [0.717, 1.165) is 10.4 Å². The number of thiophene rings is 1. The summed E-state index contributed by atoms with van der Waals surface area (Å²) in [6, 6.07) is -0.744. The molecule has 0 spiro atoms. The quantitative estimate of drug-likeness (QED) is 0.761. The Morgan fingerprint density at radius 2 is 2.12 bits per heavy atom. The van der Waals surface area contributed by atoms with Crippen molar-refractivity contribution in [3.8, 4) is 0 Å². The largest absolute Gasteiger partial charge is 0.478 e. The van der Waals surface area contributed by atoms with Crippen molar-refractivity contribution >= 4 is 34.2 Å². The van der Waals surface area contributed by atoms with E-state index in [0.29, 0.717) is 17.0 Å². The molecule has 0 bridgehead atoms. The minimum atomic E-state index is -1.12. The number of esters is 1. The van der Waals surface area contributed by atoms with E-state index in [1.165, 1.54) is 35.5 Å². The minimum absolute atomic E-state index is 0.00450. The molecule has 0 aliphatic carbocycles. The molecule has 0 saturated carbocycles. The fourth-order valence-corrected chi connectivity index (χ4v) is 3.54. The molecule has 2 aromatic heterocycles. The Bertz CT molecular complexity index is 824. The third-order valence-corrected chi connectivity index (χ3v) is 4.88. The van der Waals surface area contributed by atoms with E-state index in [-0.39, 0.29) is 5.56 Å². The number of aromatic nitrogens is 2. The molecular weight excluding hydrogens is 346 g/mol. The van der Waals surface area contributed by atoms with Crippen molar-refractivity contribution in [3.05, 3.63) is 34.0 Å². The first-order chi connectivity index (χ1) is 11.8. The molecule has 0 aromatic carbocycles. The number of nitrogens with one attached hydrogen (secondary N) is 1. The molecule has 2 aromatic rings. The number of rotatable bonds is 6. The van der Waals surface area contributed by atoms with Crippen molar-refractivity contribution in [2.75, 3.05) is 12.4 Å². The second-order valence-electron chi connectivity index (χ2n) is 5.37. The van der Waals surface area contributed by atoms with Gasteiger partial charge in [-0.15, -0.1) is 11.3 Å². The van der Waals surface area contributed by atoms with Gasteiger partial charge in [-0.25, -0.2) is 9.59 Å². The number of aryl methyl sites for hydroxylation is 1. The van der Waals surface area contributed by atoms with Gasteiger partial charge in [-0.05, 0) is 25.8 Å². The highest BCUT2D eigenvalue weighted by Crippen LogP contribution is 2.34. The van der Waals surface area contributed by atoms with Gasteiger partial charge in [0.15, 0.2) is 0 Å². The summed E-state index contributed by atoms with van der Waals surface area (Å²) in [4.78, 5) is 36.4. The van der Waals surface area contributed by atoms with Crippen LogP contribution in [0.25, 0.3) is 0 Å². The van der Waals surface area contributed by atoms with E-state index in [2.05, 4.69) is 10.4 Å². The highest BCUT2D eigenvalue weighted by atomic mass is 32.1. The van der Waals surface area contributed by atoms with E-state index in [9.17, 15) is 14.4 Å². The Labute approximate surface area is 148 Å². The highest BCUT2D eigenvalue weighted by Gasteiger charge is 2.25. The number of ether oxygens (including phenoxy) is 1. The predicted molar refractivity (Wildman–Crippen MR) is 92.3 cm³/mol. The zero-order valence-electron chi connectivity index (χ0n) is 14.3. The van der Waals surface area contributed by atoms with Crippen LogP contribution in [0.15, 0.2) is 12.4 Å². The molecule has 2 heterocycles. The summed E-state index contributed by atoms with van der Waals surface area (Å²) in [5, 5.41) is 16.0. The molecule has 1 amide bonds. The summed E-state index contributed by atoms with van der Waals surface area (Å²) in [6.07, 6.45) is 3.10. The molecule has 2 N–H and O–H groups in total. The fourth-order valence-electron chi connectivity index (χ4n) is 2.41. The maximum Gasteiger partial charge on any atom is 0.341 e. The lowest BCUT2D eigenvalue weighted by molar-refractivity contribution is -0.119. The molecule has 0 aliphatic rings. The molecule has 9 heteroatoms. The first-order valence-electron chi connectivity index (χ1n) is 7.59. The van der Waals surface area contributed by atoms with Crippen LogP contribution < -0.4 is 5.32 Å². The lowest BCUT2D eigenvalue weighted by Gasteiger charge is -2.12. The van der Waals surface area contributed by atoms with Crippen LogP contribution in [0.1, 0.15) is 51.0 Å². The van der Waals surface area contributed by atoms with Gasteiger partial charge in [-0.2, -0.15) is 5.10 Å². The van der Waals surface area contributed by atoms with Crippen LogP contribution in [-0.4, -0.2) is 39.8 Å². The van der Waals surface area contributed by atoms with Gasteiger partial charge in [-0.3, -0.25) is 9.48 Å². The zero-order chi connectivity index (χ0) is 18.7. The maximum atomic E-state index is 12.5. The Balaban J connectivity index is 2.27. The first kappa shape index (κ1) is 18.7. The van der Waals surface area contributed by atoms with Crippen LogP contribution >= 0.6 is 11.3 Å². The second kappa shape index (κ2) is 7.47. The normalized spacial score (nSPS) is 11.8. The summed E-state index contributed by atoms with van der Waals surface area (Å²) in [5.41, 5.74) is 1.20. The highest BCUT2D eigenvalue weighted by molar-refractivity contribution is 7.16. The lowest BCUT2D eigenvalue weighted by Crippen LogP contribution is -2.24. The van der Waals surface area contributed by atoms with Gasteiger partial charge in [0.05, 0.1) is 24.4 Å². The van der Waals surface area contributed by atoms with Gasteiger partial charge in [0.1, 0.15) is 11.0 Å². The van der Waals surface area contributed by atoms with Crippen LogP contribution in [0.4, 0.5) is 5.00 Å². The molecule has 0 aliphatic heterocycles. The Kier molecular flexibility index (Phi) is 5.58. The Morgan fingerprint density at radius 1 is 1.44 bits per heavy atom. The van der Waals surface area contributed by atoms with Crippen molar-refractivity contribution in [3.63, 3.8) is 0 Å². The Hall–Kier alpha value is -2.68. The minimum Gasteiger partial charge on any atom is -0.478 e. The van der Waals surface area contributed by atoms with E-state index in [1.807, 2.05) is 13.8 Å². The number of carboxylic acids is 1. The molecule has 0 saturated heterocycles. The van der Waals surface area contributed by atoms with E-state index >= 15 is 0 Å². The number of amides is 1. The van der Waals surface area contributed by atoms with Gasteiger partial charge < -0.3 is 15.2 Å². The number of hydrogen-bond donors (Lipinski definition) is 2. The fraction of sp³-hybridized carbons (Fsp3) is 0.375. The van der Waals surface area contributed by atoms with E-state index in [1.54, 1.807) is 6.92 Å². The number of carbonyl (C=O) groups is 3. The van der Waals surface area contributed by atoms with Crippen molar-refractivity contribution in [1.29, 1.82) is 0 Å². The SMILES string of the molecule is CCc1c(C)sc(NC(=O)C(C)n2cc(C(=O)O)cn2)c1C(=O)OC. The van der Waals surface area contributed by atoms with Crippen molar-refractivity contribution in [2.45, 2.75) is 33.2 Å². The summed E-state index contributed by atoms with van der Waals surface area (Å²) >= 11 is 1.30. The third kappa shape index (κ3) is 3.71. The molecule has 2 rings (SSSR count). The molecule has 134 valence electrons. The molecule has 1 unspecified atom stereocenters. The van der Waals surface area contributed by atoms with Crippen LogP contribution in [0.5, 0.6) is 0 Å². The molecule has 1 atom stereocenters. The summed E-state index contributed by atoms with van der Waals surface area (Å²) in [5.74, 6) is -2.03. The lowest BCUT2D eigenvalue weighted by atomic mass is 10.1. The molecule has 0 fully saturated rings. The average Bonchev–Trinajstić information content (AvgIpc) is 3.18. The number of carbonyl (C=O) groups excluding carboxylic acids is 2. The van der Waals surface area contributed by atoms with Gasteiger partial charge in [0, 0.05) is 11.1 Å². The number of methoxy groups -OCH3 is 1. The maximum absolute atomic E-state index is 12.5. The molecule has 8 nitrogen and oxygen atoms in total. The van der Waals surface area contributed by atoms with Crippen molar-refractivity contribution in [2.24, 2.45) is 0 Å². The molecular formula is C16H19N3O5S. The van der Waals surface area contributed by atoms with Crippen LogP contribution in [0.3, 0.4) is 0 Å².